The molecular formula is C25H39ClO5. The molecule has 6 heteroatoms. The number of carbonyl (C=O) groups is 2. The van der Waals surface area contributed by atoms with Crippen molar-refractivity contribution in [2.45, 2.75) is 90.8 Å². The van der Waals surface area contributed by atoms with Gasteiger partial charge in [-0.2, -0.15) is 0 Å². The number of allylic oxidation sites excluding steroid dienone is 2. The number of rotatable bonds is 11. The van der Waals surface area contributed by atoms with Gasteiger partial charge < -0.3 is 14.6 Å². The van der Waals surface area contributed by atoms with Crippen molar-refractivity contribution in [2.24, 2.45) is 17.8 Å². The van der Waals surface area contributed by atoms with Crippen LogP contribution in [0.1, 0.15) is 79.1 Å². The second-order valence-corrected chi connectivity index (χ2v) is 10.3. The largest absolute Gasteiger partial charge is 0.458 e. The van der Waals surface area contributed by atoms with Crippen molar-refractivity contribution in [3.8, 4) is 0 Å². The van der Waals surface area contributed by atoms with Gasteiger partial charge in [0, 0.05) is 12.3 Å². The molecule has 0 heterocycles. The first-order valence-electron chi connectivity index (χ1n) is 11.7. The van der Waals surface area contributed by atoms with Gasteiger partial charge in [0.15, 0.2) is 5.78 Å². The summed E-state index contributed by atoms with van der Waals surface area (Å²) < 4.78 is 10.7. The van der Waals surface area contributed by atoms with Crippen LogP contribution < -0.4 is 0 Å². The van der Waals surface area contributed by atoms with Gasteiger partial charge in [-0.3, -0.25) is 4.79 Å². The van der Waals surface area contributed by atoms with Crippen LogP contribution in [0, 0.1) is 17.8 Å². The van der Waals surface area contributed by atoms with Crippen LogP contribution in [0.5, 0.6) is 0 Å². The number of esters is 1. The summed E-state index contributed by atoms with van der Waals surface area (Å²) >= 11 is 6.30. The Kier molecular flexibility index (Phi) is 10.2. The summed E-state index contributed by atoms with van der Waals surface area (Å²) in [6.07, 6.45) is 10.4. The fraction of sp³-hybridized carbons (Fsp3) is 0.760. The van der Waals surface area contributed by atoms with Gasteiger partial charge in [-0.1, -0.05) is 49.1 Å². The standard InChI is InChI=1S/C25H39ClO5/c1-5-6-7-8-22(27)21(26)15-20-19-10-9-17(13-18(19)14-23(20)28)11-12-30-16-24(29)31-25(2,3)4/h13,15,18-20,23,28H,5-12,14,16H2,1-4H3/b21-15-/t18-,19-,20+,23+/m0/s1. The van der Waals surface area contributed by atoms with E-state index in [4.69, 9.17) is 21.1 Å². The Morgan fingerprint density at radius 2 is 2.03 bits per heavy atom. The molecule has 2 aliphatic carbocycles. The van der Waals surface area contributed by atoms with Gasteiger partial charge in [-0.05, 0) is 64.7 Å². The van der Waals surface area contributed by atoms with Crippen molar-refractivity contribution < 1.29 is 24.2 Å². The number of unbranched alkanes of at least 4 members (excludes halogenated alkanes) is 2. The van der Waals surface area contributed by atoms with Crippen molar-refractivity contribution in [2.75, 3.05) is 13.2 Å². The number of ether oxygens (including phenoxy) is 2. The van der Waals surface area contributed by atoms with E-state index in [1.807, 2.05) is 26.8 Å². The van der Waals surface area contributed by atoms with Crippen LogP contribution in [0.25, 0.3) is 0 Å². The number of carbonyl (C=O) groups excluding carboxylic acids is 2. The van der Waals surface area contributed by atoms with Crippen LogP contribution in [0.15, 0.2) is 22.8 Å². The van der Waals surface area contributed by atoms with Crippen molar-refractivity contribution >= 4 is 23.4 Å². The van der Waals surface area contributed by atoms with Gasteiger partial charge in [0.2, 0.25) is 0 Å². The maximum Gasteiger partial charge on any atom is 0.332 e. The van der Waals surface area contributed by atoms with E-state index in [1.54, 1.807) is 0 Å². The normalized spacial score (nSPS) is 26.4. The lowest BCUT2D eigenvalue weighted by Crippen LogP contribution is -2.26. The summed E-state index contributed by atoms with van der Waals surface area (Å²) in [7, 11) is 0. The molecule has 4 atom stereocenters. The summed E-state index contributed by atoms with van der Waals surface area (Å²) in [5, 5.41) is 10.9. The fourth-order valence-electron chi connectivity index (χ4n) is 4.61. The van der Waals surface area contributed by atoms with Crippen LogP contribution in [-0.4, -0.2) is 41.8 Å². The first-order chi connectivity index (χ1) is 14.6. The van der Waals surface area contributed by atoms with E-state index in [1.165, 1.54) is 5.57 Å². The Hall–Kier alpha value is -1.17. The van der Waals surface area contributed by atoms with Gasteiger partial charge >= 0.3 is 5.97 Å². The van der Waals surface area contributed by atoms with Crippen LogP contribution >= 0.6 is 11.6 Å². The van der Waals surface area contributed by atoms with Crippen molar-refractivity contribution in [1.82, 2.24) is 0 Å². The highest BCUT2D eigenvalue weighted by atomic mass is 35.5. The second-order valence-electron chi connectivity index (χ2n) is 9.86. The van der Waals surface area contributed by atoms with Crippen molar-refractivity contribution in [3.05, 3.63) is 22.8 Å². The summed E-state index contributed by atoms with van der Waals surface area (Å²) in [5.74, 6) is 0.192. The molecule has 31 heavy (non-hydrogen) atoms. The number of aliphatic hydroxyl groups excluding tert-OH is 1. The summed E-state index contributed by atoms with van der Waals surface area (Å²) in [5.41, 5.74) is 0.808. The molecule has 0 amide bonds. The summed E-state index contributed by atoms with van der Waals surface area (Å²) in [4.78, 5) is 24.0. The lowest BCUT2D eigenvalue weighted by Gasteiger charge is -2.27. The number of ketones is 1. The Morgan fingerprint density at radius 1 is 1.29 bits per heavy atom. The first kappa shape index (κ1) is 26.1. The molecule has 2 rings (SSSR count). The highest BCUT2D eigenvalue weighted by Crippen LogP contribution is 2.46. The van der Waals surface area contributed by atoms with Gasteiger partial charge in [0.1, 0.15) is 12.2 Å². The smallest absolute Gasteiger partial charge is 0.332 e. The summed E-state index contributed by atoms with van der Waals surface area (Å²) in [6.45, 7) is 8.06. The number of fused-ring (bicyclic) bond motifs is 1. The Bertz CT molecular complexity index is 676. The van der Waals surface area contributed by atoms with Crippen LogP contribution in [0.3, 0.4) is 0 Å². The maximum atomic E-state index is 12.3. The lowest BCUT2D eigenvalue weighted by molar-refractivity contribution is -0.160. The molecule has 0 aromatic heterocycles. The molecule has 1 N–H and O–H groups in total. The minimum absolute atomic E-state index is 0.0139. The third kappa shape index (κ3) is 8.70. The van der Waals surface area contributed by atoms with Crippen LogP contribution in [-0.2, 0) is 19.1 Å². The monoisotopic (exact) mass is 454 g/mol. The van der Waals surface area contributed by atoms with Crippen molar-refractivity contribution in [1.29, 1.82) is 0 Å². The predicted molar refractivity (Wildman–Crippen MR) is 123 cm³/mol. The molecule has 0 aliphatic heterocycles. The van der Waals surface area contributed by atoms with E-state index in [0.717, 1.165) is 38.5 Å². The molecule has 0 bridgehead atoms. The third-order valence-corrected chi connectivity index (χ3v) is 6.41. The molecule has 0 aromatic rings. The van der Waals surface area contributed by atoms with E-state index in [9.17, 15) is 14.7 Å². The SMILES string of the molecule is CCCCCC(=O)/C(Cl)=C/[C@@H]1[C@H]2CCC(CCOCC(=O)OC(C)(C)C)=C[C@H]2C[C@H]1O. The molecular weight excluding hydrogens is 416 g/mol. The summed E-state index contributed by atoms with van der Waals surface area (Å²) in [6, 6.07) is 0. The fourth-order valence-corrected chi connectivity index (χ4v) is 4.85. The molecule has 0 radical (unpaired) electrons. The minimum atomic E-state index is -0.501. The number of Topliss-reactive ketones (excluding diaryl/α,β-unsaturated/α-hetero) is 1. The van der Waals surface area contributed by atoms with Gasteiger partial charge in [0.05, 0.1) is 17.7 Å². The van der Waals surface area contributed by atoms with E-state index >= 15 is 0 Å². The Morgan fingerprint density at radius 3 is 2.71 bits per heavy atom. The highest BCUT2D eigenvalue weighted by molar-refractivity contribution is 6.42. The molecule has 176 valence electrons. The second kappa shape index (κ2) is 12.2. The Labute approximate surface area is 192 Å². The zero-order chi connectivity index (χ0) is 23.0. The predicted octanol–water partition coefficient (Wildman–Crippen LogP) is 5.34. The maximum absolute atomic E-state index is 12.3. The number of hydrogen-bond acceptors (Lipinski definition) is 5. The zero-order valence-electron chi connectivity index (χ0n) is 19.5. The topological polar surface area (TPSA) is 72.8 Å². The van der Waals surface area contributed by atoms with Gasteiger partial charge in [-0.15, -0.1) is 0 Å². The third-order valence-electron chi connectivity index (χ3n) is 6.07. The molecule has 0 saturated heterocycles. The average Bonchev–Trinajstić information content (AvgIpc) is 2.98. The average molecular weight is 455 g/mol. The molecule has 0 spiro atoms. The van der Waals surface area contributed by atoms with Gasteiger partial charge in [-0.25, -0.2) is 4.79 Å². The number of hydrogen-bond donors (Lipinski definition) is 1. The highest BCUT2D eigenvalue weighted by Gasteiger charge is 2.42. The van der Waals surface area contributed by atoms with Crippen LogP contribution in [0.4, 0.5) is 0 Å². The number of halogens is 1. The Balaban J connectivity index is 1.83. The number of aliphatic hydroxyl groups is 1. The molecule has 1 saturated carbocycles. The van der Waals surface area contributed by atoms with E-state index in [2.05, 4.69) is 13.0 Å². The molecule has 1 fully saturated rings. The van der Waals surface area contributed by atoms with E-state index < -0.39 is 11.7 Å². The van der Waals surface area contributed by atoms with E-state index in [0.29, 0.717) is 31.3 Å². The molecule has 5 nitrogen and oxygen atoms in total. The molecule has 0 unspecified atom stereocenters. The quantitative estimate of drug-likeness (QED) is 0.197. The zero-order valence-corrected chi connectivity index (χ0v) is 20.2. The van der Waals surface area contributed by atoms with E-state index in [-0.39, 0.29) is 29.3 Å². The van der Waals surface area contributed by atoms with Gasteiger partial charge in [0.25, 0.3) is 0 Å². The van der Waals surface area contributed by atoms with Crippen molar-refractivity contribution in [3.63, 3.8) is 0 Å². The van der Waals surface area contributed by atoms with Crippen LogP contribution in [0.2, 0.25) is 0 Å². The minimum Gasteiger partial charge on any atom is -0.458 e. The first-order valence-corrected chi connectivity index (χ1v) is 12.1. The molecule has 0 aromatic carbocycles. The molecule has 2 aliphatic rings. The lowest BCUT2D eigenvalue weighted by atomic mass is 9.78.